The van der Waals surface area contributed by atoms with Crippen molar-refractivity contribution in [1.82, 2.24) is 19.9 Å². The van der Waals surface area contributed by atoms with Gasteiger partial charge in [0.1, 0.15) is 27.9 Å². The lowest BCUT2D eigenvalue weighted by atomic mass is 10.0. The van der Waals surface area contributed by atoms with Crippen LogP contribution in [0.1, 0.15) is 236 Å². The van der Waals surface area contributed by atoms with Gasteiger partial charge in [-0.15, -0.1) is 11.3 Å². The van der Waals surface area contributed by atoms with Crippen molar-refractivity contribution >= 4 is 80.7 Å². The predicted octanol–water partition coefficient (Wildman–Crippen LogP) is 25.9. The van der Waals surface area contributed by atoms with E-state index in [1.807, 2.05) is 18.2 Å². The number of nitrogens with zero attached hydrogens (tertiary/aromatic N) is 3. The molecule has 8 bridgehead atoms. The number of carbonyl (C=O) groups is 1. The zero-order valence-corrected chi connectivity index (χ0v) is 62.5. The number of fused-ring (bicyclic) bond motifs is 8. The first-order chi connectivity index (χ1) is 50.6. The third kappa shape index (κ3) is 20.0. The molecule has 103 heavy (non-hydrogen) atoms. The highest BCUT2D eigenvalue weighted by Gasteiger charge is 2.26. The van der Waals surface area contributed by atoms with Crippen LogP contribution in [0.25, 0.3) is 79.8 Å². The van der Waals surface area contributed by atoms with Gasteiger partial charge in [-0.05, 0) is 166 Å². The number of aromatic amines is 2. The molecule has 4 aromatic heterocycles. The Morgan fingerprint density at radius 2 is 0.738 bits per heavy atom. The average molecular weight is 1400 g/mol. The third-order valence-corrected chi connectivity index (χ3v) is 20.4. The minimum Gasteiger partial charge on any atom is -0.493 e. The molecule has 0 aliphatic carbocycles. The zero-order valence-electron chi connectivity index (χ0n) is 61.7. The van der Waals surface area contributed by atoms with E-state index in [9.17, 15) is 9.90 Å². The van der Waals surface area contributed by atoms with Crippen LogP contribution in [0.3, 0.4) is 0 Å². The maximum absolute atomic E-state index is 12.3. The number of unbranched alkanes of at least 4 members (excludes halogenated alkanes) is 20. The molecule has 3 N–H and O–H groups in total. The van der Waals surface area contributed by atoms with Crippen molar-refractivity contribution in [3.05, 3.63) is 195 Å². The van der Waals surface area contributed by atoms with E-state index in [1.54, 1.807) is 12.1 Å². The van der Waals surface area contributed by atoms with Gasteiger partial charge in [0.2, 0.25) is 0 Å². The topological polar surface area (TPSA) is 135 Å². The van der Waals surface area contributed by atoms with E-state index in [0.717, 1.165) is 141 Å². The second-order valence-corrected chi connectivity index (χ2v) is 28.6. The van der Waals surface area contributed by atoms with E-state index >= 15 is 0 Å². The first-order valence-corrected chi connectivity index (χ1v) is 39.3. The Morgan fingerprint density at radius 1 is 0.388 bits per heavy atom. The van der Waals surface area contributed by atoms with Crippen LogP contribution >= 0.6 is 11.3 Å². The van der Waals surface area contributed by atoms with Gasteiger partial charge >= 0.3 is 5.97 Å². The molecule has 9 aromatic rings. The summed E-state index contributed by atoms with van der Waals surface area (Å²) in [5.41, 5.74) is 17.2. The number of ether oxygens (including phenoxy) is 4. The number of rotatable bonds is 39. The highest BCUT2D eigenvalue weighted by atomic mass is 32.1. The number of thiophene rings is 1. The van der Waals surface area contributed by atoms with Gasteiger partial charge in [0, 0.05) is 50.3 Å². The Balaban J connectivity index is 1.19. The molecule has 0 saturated heterocycles. The normalized spacial score (nSPS) is 11.6. The minimum absolute atomic E-state index is 0.215. The maximum atomic E-state index is 12.3. The predicted molar refractivity (Wildman–Crippen MR) is 432 cm³/mol. The lowest BCUT2D eigenvalue weighted by Gasteiger charge is -2.26. The van der Waals surface area contributed by atoms with Gasteiger partial charge in [0.15, 0.2) is 0 Å². The van der Waals surface area contributed by atoms with Crippen molar-refractivity contribution in [3.63, 3.8) is 0 Å². The molecule has 0 radical (unpaired) electrons. The summed E-state index contributed by atoms with van der Waals surface area (Å²) >= 11 is 1.15. The smallest absolute Gasteiger partial charge is 0.345 e. The van der Waals surface area contributed by atoms with E-state index in [4.69, 9.17) is 28.9 Å². The summed E-state index contributed by atoms with van der Waals surface area (Å²) in [6, 6.07) is 50.6. The molecular weight excluding hydrogens is 1290 g/mol. The second-order valence-electron chi connectivity index (χ2n) is 27.5. The number of hydrogen-bond acceptors (Lipinski definition) is 9. The van der Waals surface area contributed by atoms with E-state index in [1.165, 1.54) is 114 Å². The fraction of sp³-hybridized carbons (Fsp3) is 0.374. The molecular formula is C91H105N5O6S. The largest absolute Gasteiger partial charge is 0.493 e. The Bertz CT molecular complexity index is 4350. The monoisotopic (exact) mass is 1400 g/mol. The third-order valence-electron chi connectivity index (χ3n) is 19.4. The summed E-state index contributed by atoms with van der Waals surface area (Å²) in [6.45, 7) is 15.5. The van der Waals surface area contributed by atoms with Crippen LogP contribution in [-0.4, -0.2) is 57.4 Å². The number of anilines is 3. The zero-order chi connectivity index (χ0) is 71.5. The van der Waals surface area contributed by atoms with Gasteiger partial charge in [-0.2, -0.15) is 0 Å². The summed E-state index contributed by atoms with van der Waals surface area (Å²) in [7, 11) is 0. The molecule has 2 aliphatic heterocycles. The molecule has 536 valence electrons. The highest BCUT2D eigenvalue weighted by Crippen LogP contribution is 2.47. The number of aryl methyl sites for hydroxylation is 2. The first-order valence-electron chi connectivity index (χ1n) is 38.5. The Morgan fingerprint density at radius 3 is 1.15 bits per heavy atom. The van der Waals surface area contributed by atoms with E-state index < -0.39 is 5.97 Å². The van der Waals surface area contributed by atoms with Gasteiger partial charge in [0.05, 0.1) is 76.3 Å². The fourth-order valence-corrected chi connectivity index (χ4v) is 14.4. The lowest BCUT2D eigenvalue weighted by molar-refractivity contribution is 0.0702. The fourth-order valence-electron chi connectivity index (χ4n) is 13.7. The Labute approximate surface area is 615 Å². The van der Waals surface area contributed by atoms with E-state index in [0.29, 0.717) is 76.8 Å². The van der Waals surface area contributed by atoms with Crippen LogP contribution in [0.4, 0.5) is 17.1 Å². The van der Waals surface area contributed by atoms with Crippen LogP contribution in [0.15, 0.2) is 146 Å². The number of H-pyrrole nitrogens is 2. The molecule has 6 heterocycles. The molecule has 5 aromatic carbocycles. The van der Waals surface area contributed by atoms with E-state index in [-0.39, 0.29) is 4.88 Å². The number of aromatic carboxylic acids is 1. The quantitative estimate of drug-likeness (QED) is 0.0254. The van der Waals surface area contributed by atoms with Crippen molar-refractivity contribution in [2.75, 3.05) is 31.3 Å². The molecule has 0 fully saturated rings. The maximum Gasteiger partial charge on any atom is 0.345 e. The van der Waals surface area contributed by atoms with Crippen LogP contribution in [0, 0.1) is 25.7 Å². The number of carboxylic acid groups (broad SMARTS) is 1. The molecule has 0 unspecified atom stereocenters. The summed E-state index contributed by atoms with van der Waals surface area (Å²) in [5, 5.41) is 10.1. The molecule has 0 spiro atoms. The summed E-state index contributed by atoms with van der Waals surface area (Å²) in [4.78, 5) is 34.9. The van der Waals surface area contributed by atoms with Crippen LogP contribution < -0.4 is 23.8 Å². The highest BCUT2D eigenvalue weighted by molar-refractivity contribution is 7.14. The number of aromatic nitrogens is 4. The molecule has 0 amide bonds. The SMILES string of the molecule is CCCCCCCCOc1cccc(OCCCCCCCC)c1-c1c2nc(c(-c3ccc(N(c4ccc(C)cc4)c4ccc(C)cc4)cc3)c3ccc([nH]3)c(-c3c(OCCCCCCCC)cccc3OCCCCCCCC)c3nc(c(C#Cc4ccc(C(=O)O)s4)c4ccc1[nH]4)C=C3)C=C2. The molecule has 11 nitrogen and oxygen atoms in total. The number of carboxylic acids is 1. The van der Waals surface area contributed by atoms with Crippen molar-refractivity contribution in [2.24, 2.45) is 0 Å². The van der Waals surface area contributed by atoms with Crippen LogP contribution in [0.5, 0.6) is 23.0 Å². The van der Waals surface area contributed by atoms with Crippen molar-refractivity contribution in [3.8, 4) is 68.2 Å². The van der Waals surface area contributed by atoms with Gasteiger partial charge in [-0.3, -0.25) is 0 Å². The van der Waals surface area contributed by atoms with Gasteiger partial charge in [-0.25, -0.2) is 14.8 Å². The average Bonchev–Trinajstić information content (AvgIpc) is 1.64. The standard InChI is InChI=1S/C91H105N5O6S/c1-7-11-15-19-23-27-61-99-81-33-31-34-82(100-62-28-24-20-16-12-8-2)89(81)87-77-54-52-73(92-77)72(51-49-71-50-60-85(103-71)91(97)98)74-53-55-78(93-74)88(90-83(101-63-29-25-21-17-13-9-3)35-32-36-84(90)102-64-30-26-22-18-14-10-4)80-59-57-76(95-80)86(75-56-58-79(87)94-75)67-41-47-70(48-42-67)96(68-43-37-65(5)38-44-68)69-45-39-66(6)40-46-69/h31-48,50,52-60,92,95H,7-30,61-64H2,1-6H3,(H,97,98). The minimum atomic E-state index is -0.991. The first kappa shape index (κ1) is 74.6. The van der Waals surface area contributed by atoms with Gasteiger partial charge in [-0.1, -0.05) is 228 Å². The molecule has 12 heteroatoms. The van der Waals surface area contributed by atoms with Gasteiger partial charge in [0.25, 0.3) is 0 Å². The molecule has 2 aliphatic rings. The van der Waals surface area contributed by atoms with Crippen molar-refractivity contribution in [2.45, 2.75) is 196 Å². The van der Waals surface area contributed by atoms with Crippen molar-refractivity contribution < 1.29 is 28.8 Å². The second kappa shape index (κ2) is 38.6. The van der Waals surface area contributed by atoms with Gasteiger partial charge < -0.3 is 38.9 Å². The van der Waals surface area contributed by atoms with Crippen molar-refractivity contribution in [1.29, 1.82) is 0 Å². The van der Waals surface area contributed by atoms with E-state index in [2.05, 4.69) is 208 Å². The summed E-state index contributed by atoms with van der Waals surface area (Å²) in [5.74, 6) is 8.80. The Hall–Kier alpha value is -9.57. The molecule has 0 atom stereocenters. The number of nitrogens with one attached hydrogen (secondary N) is 2. The molecule has 0 saturated carbocycles. The van der Waals surface area contributed by atoms with Crippen LogP contribution in [-0.2, 0) is 0 Å². The summed E-state index contributed by atoms with van der Waals surface area (Å²) < 4.78 is 28.0. The lowest BCUT2D eigenvalue weighted by Crippen LogP contribution is -2.09. The number of hydrogen-bond donors (Lipinski definition) is 3. The number of benzene rings is 5. The molecule has 11 rings (SSSR count). The summed E-state index contributed by atoms with van der Waals surface area (Å²) in [6.07, 6.45) is 35.6. The Kier molecular flexibility index (Phi) is 28.0. The van der Waals surface area contributed by atoms with Crippen LogP contribution in [0.2, 0.25) is 0 Å².